The Morgan fingerprint density at radius 2 is 1.59 bits per heavy atom. The zero-order valence-electron chi connectivity index (χ0n) is 10.6. The second-order valence-electron chi connectivity index (χ2n) is 3.83. The molecule has 0 aromatic carbocycles. The number of halogens is 2. The molecular weight excluding hydrogens is 286 g/mol. The zero-order valence-corrected chi connectivity index (χ0v) is 13.0. The van der Waals surface area contributed by atoms with Gasteiger partial charge in [0.1, 0.15) is 5.84 Å². The Bertz CT molecular complexity index is 295. The fraction of sp³-hybridized carbons (Fsp3) is 0.889. The van der Waals surface area contributed by atoms with Gasteiger partial charge in [0.05, 0.1) is 12.2 Å². The summed E-state index contributed by atoms with van der Waals surface area (Å²) in [6.07, 6.45) is -0.538. The minimum absolute atomic E-state index is 0.151. The van der Waals surface area contributed by atoms with Crippen LogP contribution >= 0.6 is 30.9 Å². The van der Waals surface area contributed by atoms with Crippen LogP contribution in [0.5, 0.6) is 0 Å². The van der Waals surface area contributed by atoms with Gasteiger partial charge >= 0.3 is 7.75 Å². The summed E-state index contributed by atoms with van der Waals surface area (Å²) in [5.74, 6) is 0.151. The number of nitrogens with one attached hydrogen (secondary N) is 1. The number of rotatable bonds is 6. The largest absolute Gasteiger partial charge is 0.434 e. The van der Waals surface area contributed by atoms with E-state index in [2.05, 4.69) is 10.1 Å². The zero-order chi connectivity index (χ0) is 13.6. The smallest absolute Gasteiger partial charge is 0.290 e. The summed E-state index contributed by atoms with van der Waals surface area (Å²) in [5, 5.41) is 2.54. The van der Waals surface area contributed by atoms with Gasteiger partial charge in [0, 0.05) is 7.05 Å². The molecule has 0 aromatic rings. The molecule has 0 heterocycles. The Hall–Kier alpha value is 0.200. The molecule has 0 aromatic heterocycles. The van der Waals surface area contributed by atoms with Crippen molar-refractivity contribution in [2.45, 2.75) is 44.7 Å². The molecule has 102 valence electrons. The van der Waals surface area contributed by atoms with Crippen LogP contribution in [0.3, 0.4) is 0 Å². The maximum atomic E-state index is 12.4. The predicted molar refractivity (Wildman–Crippen MR) is 72.0 cm³/mol. The first kappa shape index (κ1) is 17.2. The monoisotopic (exact) mass is 304 g/mol. The number of aliphatic imine (C=N–C) groups is 1. The van der Waals surface area contributed by atoms with E-state index in [0.29, 0.717) is 0 Å². The number of hydrogen-bond acceptors (Lipinski definition) is 4. The van der Waals surface area contributed by atoms with Crippen LogP contribution in [0.4, 0.5) is 0 Å². The molecule has 0 aliphatic heterocycles. The number of alkyl halides is 2. The van der Waals surface area contributed by atoms with Crippen molar-refractivity contribution < 1.29 is 13.6 Å². The van der Waals surface area contributed by atoms with E-state index in [1.807, 2.05) is 0 Å². The molecule has 0 saturated carbocycles. The molecular formula is C9H19Cl2N2O3P. The first-order valence-corrected chi connectivity index (χ1v) is 7.61. The molecule has 0 atom stereocenters. The summed E-state index contributed by atoms with van der Waals surface area (Å²) < 4.78 is 22.9. The minimum Gasteiger partial charge on any atom is -0.290 e. The molecule has 0 aliphatic rings. The number of nitrogens with zero attached hydrogens (tertiary/aromatic N) is 1. The lowest BCUT2D eigenvalue weighted by atomic mass is 10.5. The van der Waals surface area contributed by atoms with Crippen LogP contribution in [0.1, 0.15) is 27.7 Å². The molecule has 0 radical (unpaired) electrons. The molecule has 0 bridgehead atoms. The minimum atomic E-state index is -3.51. The van der Waals surface area contributed by atoms with E-state index in [4.69, 9.17) is 32.2 Å². The third kappa shape index (κ3) is 7.27. The molecule has 0 amide bonds. The van der Waals surface area contributed by atoms with Crippen LogP contribution in [-0.2, 0) is 13.6 Å². The summed E-state index contributed by atoms with van der Waals surface area (Å²) >= 11 is 11.3. The van der Waals surface area contributed by atoms with Gasteiger partial charge in [-0.05, 0) is 27.7 Å². The third-order valence-electron chi connectivity index (χ3n) is 1.40. The van der Waals surface area contributed by atoms with Crippen LogP contribution in [0.25, 0.3) is 0 Å². The Kier molecular flexibility index (Phi) is 7.68. The van der Waals surface area contributed by atoms with Gasteiger partial charge in [0.15, 0.2) is 4.84 Å². The van der Waals surface area contributed by atoms with Crippen molar-refractivity contribution in [2.75, 3.05) is 7.05 Å². The molecule has 8 heteroatoms. The highest BCUT2D eigenvalue weighted by Gasteiger charge is 2.30. The summed E-state index contributed by atoms with van der Waals surface area (Å²) in [6.45, 7) is 7.00. The van der Waals surface area contributed by atoms with Crippen LogP contribution in [0, 0.1) is 0 Å². The van der Waals surface area contributed by atoms with E-state index in [1.54, 1.807) is 27.7 Å². The van der Waals surface area contributed by atoms with E-state index in [-0.39, 0.29) is 18.0 Å². The highest BCUT2D eigenvalue weighted by molar-refractivity contribution is 7.52. The third-order valence-corrected chi connectivity index (χ3v) is 3.71. The standard InChI is InChI=1S/C9H19Cl2N2O3P/c1-6(2)15-17(14,16-7(3)4)13-9(12-5)8(10)11/h6-8H,1-5H3,(H,12,13,14). The van der Waals surface area contributed by atoms with Crippen molar-refractivity contribution in [3.8, 4) is 0 Å². The molecule has 17 heavy (non-hydrogen) atoms. The maximum Gasteiger partial charge on any atom is 0.434 e. The molecule has 0 spiro atoms. The van der Waals surface area contributed by atoms with Gasteiger partial charge in [-0.15, -0.1) is 0 Å². The second-order valence-corrected chi connectivity index (χ2v) is 6.56. The average Bonchev–Trinajstić information content (AvgIpc) is 2.10. The number of hydrogen-bond donors (Lipinski definition) is 1. The Morgan fingerprint density at radius 3 is 1.82 bits per heavy atom. The second kappa shape index (κ2) is 7.59. The van der Waals surface area contributed by atoms with Crippen molar-refractivity contribution in [1.29, 1.82) is 0 Å². The molecule has 0 unspecified atom stereocenters. The first-order chi connectivity index (χ1) is 7.70. The van der Waals surface area contributed by atoms with Gasteiger partial charge < -0.3 is 0 Å². The summed E-state index contributed by atoms with van der Waals surface area (Å²) in [4.78, 5) is 2.88. The van der Waals surface area contributed by atoms with E-state index in [9.17, 15) is 4.57 Å². The van der Waals surface area contributed by atoms with Crippen molar-refractivity contribution in [3.63, 3.8) is 0 Å². The lowest BCUT2D eigenvalue weighted by Gasteiger charge is -2.24. The Labute approximate surface area is 112 Å². The van der Waals surface area contributed by atoms with Crippen LogP contribution in [-0.4, -0.2) is 29.9 Å². The average molecular weight is 305 g/mol. The summed E-state index contributed by atoms with van der Waals surface area (Å²) in [6, 6.07) is 0. The molecule has 0 saturated heterocycles. The van der Waals surface area contributed by atoms with Crippen LogP contribution in [0.2, 0.25) is 0 Å². The summed E-state index contributed by atoms with van der Waals surface area (Å²) in [7, 11) is -2.03. The van der Waals surface area contributed by atoms with E-state index >= 15 is 0 Å². The van der Waals surface area contributed by atoms with Crippen molar-refractivity contribution >= 4 is 36.8 Å². The van der Waals surface area contributed by atoms with Gasteiger partial charge in [-0.2, -0.15) is 0 Å². The lowest BCUT2D eigenvalue weighted by molar-refractivity contribution is 0.139. The van der Waals surface area contributed by atoms with Gasteiger partial charge in [0.25, 0.3) is 0 Å². The Balaban J connectivity index is 4.87. The molecule has 0 rings (SSSR count). The lowest BCUT2D eigenvalue weighted by Crippen LogP contribution is -2.30. The van der Waals surface area contributed by atoms with E-state index < -0.39 is 12.6 Å². The quantitative estimate of drug-likeness (QED) is 0.354. The van der Waals surface area contributed by atoms with Gasteiger partial charge in [-0.3, -0.25) is 19.1 Å². The highest BCUT2D eigenvalue weighted by Crippen LogP contribution is 2.46. The first-order valence-electron chi connectivity index (χ1n) is 5.20. The molecule has 0 fully saturated rings. The fourth-order valence-corrected chi connectivity index (χ4v) is 3.20. The van der Waals surface area contributed by atoms with Gasteiger partial charge in [-0.25, -0.2) is 4.57 Å². The summed E-state index contributed by atoms with van der Waals surface area (Å²) in [5.41, 5.74) is 0. The number of amidine groups is 1. The van der Waals surface area contributed by atoms with Crippen LogP contribution < -0.4 is 5.09 Å². The maximum absolute atomic E-state index is 12.4. The van der Waals surface area contributed by atoms with Gasteiger partial charge in [0.2, 0.25) is 0 Å². The Morgan fingerprint density at radius 1 is 1.18 bits per heavy atom. The normalized spacial score (nSPS) is 13.9. The predicted octanol–water partition coefficient (Wildman–Crippen LogP) is 3.37. The molecule has 0 aliphatic carbocycles. The van der Waals surface area contributed by atoms with Crippen LogP contribution in [0.15, 0.2) is 4.99 Å². The molecule has 1 N–H and O–H groups in total. The SMILES string of the molecule is CN=C(NP(=O)(OC(C)C)OC(C)C)C(Cl)Cl. The van der Waals surface area contributed by atoms with Gasteiger partial charge in [-0.1, -0.05) is 23.2 Å². The van der Waals surface area contributed by atoms with Crippen molar-refractivity contribution in [2.24, 2.45) is 4.99 Å². The van der Waals surface area contributed by atoms with Crippen molar-refractivity contribution in [3.05, 3.63) is 0 Å². The topological polar surface area (TPSA) is 59.9 Å². The van der Waals surface area contributed by atoms with E-state index in [0.717, 1.165) is 0 Å². The fourth-order valence-electron chi connectivity index (χ4n) is 0.969. The molecule has 5 nitrogen and oxygen atoms in total. The van der Waals surface area contributed by atoms with Crippen molar-refractivity contribution in [1.82, 2.24) is 5.09 Å². The van der Waals surface area contributed by atoms with E-state index in [1.165, 1.54) is 7.05 Å². The highest BCUT2D eigenvalue weighted by atomic mass is 35.5.